The second-order valence-corrected chi connectivity index (χ2v) is 5.03. The lowest BCUT2D eigenvalue weighted by atomic mass is 10.2. The number of hydrogen-bond donors (Lipinski definition) is 1. The first kappa shape index (κ1) is 17.0. The molecule has 108 valence electrons. The summed E-state index contributed by atoms with van der Waals surface area (Å²) in [5.41, 5.74) is 2.18. The van der Waals surface area contributed by atoms with E-state index < -0.39 is 0 Å². The molecule has 0 amide bonds. The Labute approximate surface area is 134 Å². The van der Waals surface area contributed by atoms with E-state index in [1.807, 2.05) is 43.5 Å². The Balaban J connectivity index is 0.00000200. The molecular formula is C15H17BrClN2O-. The molecule has 20 heavy (non-hydrogen) atoms. The Bertz CT molecular complexity index is 523. The van der Waals surface area contributed by atoms with Crippen molar-refractivity contribution < 1.29 is 17.1 Å². The summed E-state index contributed by atoms with van der Waals surface area (Å²) in [6, 6.07) is 12.0. The molecule has 0 aliphatic heterocycles. The van der Waals surface area contributed by atoms with E-state index in [9.17, 15) is 0 Å². The zero-order valence-corrected chi connectivity index (χ0v) is 13.6. The summed E-state index contributed by atoms with van der Waals surface area (Å²) in [7, 11) is 0. The summed E-state index contributed by atoms with van der Waals surface area (Å²) >= 11 is 3.49. The Morgan fingerprint density at radius 3 is 2.75 bits per heavy atom. The predicted molar refractivity (Wildman–Crippen MR) is 80.1 cm³/mol. The molecule has 0 aliphatic rings. The van der Waals surface area contributed by atoms with Crippen LogP contribution in [0, 0.1) is 0 Å². The van der Waals surface area contributed by atoms with Crippen LogP contribution < -0.4 is 22.5 Å². The van der Waals surface area contributed by atoms with Crippen molar-refractivity contribution in [1.82, 2.24) is 10.3 Å². The van der Waals surface area contributed by atoms with Crippen molar-refractivity contribution in [3.63, 3.8) is 0 Å². The van der Waals surface area contributed by atoms with Gasteiger partial charge in [0.1, 0.15) is 5.75 Å². The molecule has 1 aromatic carbocycles. The first-order chi connectivity index (χ1) is 9.29. The summed E-state index contributed by atoms with van der Waals surface area (Å²) < 4.78 is 6.68. The molecule has 0 bridgehead atoms. The lowest BCUT2D eigenvalue weighted by Gasteiger charge is -2.11. The summed E-state index contributed by atoms with van der Waals surface area (Å²) in [5, 5.41) is 3.38. The molecule has 5 heteroatoms. The zero-order valence-electron chi connectivity index (χ0n) is 11.3. The van der Waals surface area contributed by atoms with Gasteiger partial charge in [-0.3, -0.25) is 4.98 Å². The van der Waals surface area contributed by atoms with Crippen LogP contribution in [0.3, 0.4) is 0 Å². The molecule has 0 saturated carbocycles. The lowest BCUT2D eigenvalue weighted by Crippen LogP contribution is -3.00. The van der Waals surface area contributed by atoms with E-state index in [0.717, 1.165) is 34.6 Å². The van der Waals surface area contributed by atoms with Crippen molar-refractivity contribution in [2.24, 2.45) is 0 Å². The maximum Gasteiger partial charge on any atom is 0.123 e. The van der Waals surface area contributed by atoms with E-state index in [2.05, 4.69) is 32.3 Å². The van der Waals surface area contributed by atoms with Crippen molar-refractivity contribution in [3.8, 4) is 5.75 Å². The first-order valence-electron chi connectivity index (χ1n) is 6.31. The first-order valence-corrected chi connectivity index (χ1v) is 7.10. The lowest BCUT2D eigenvalue weighted by molar-refractivity contribution is -0.00000440. The van der Waals surface area contributed by atoms with Crippen molar-refractivity contribution in [1.29, 1.82) is 0 Å². The molecule has 0 saturated heterocycles. The van der Waals surface area contributed by atoms with Crippen LogP contribution in [0.25, 0.3) is 0 Å². The fraction of sp³-hybridized carbons (Fsp3) is 0.267. The molecular weight excluding hydrogens is 340 g/mol. The van der Waals surface area contributed by atoms with Gasteiger partial charge in [0.15, 0.2) is 0 Å². The molecule has 2 rings (SSSR count). The Hall–Kier alpha value is -1.10. The summed E-state index contributed by atoms with van der Waals surface area (Å²) in [6.07, 6.45) is 1.81. The topological polar surface area (TPSA) is 34.1 Å². The van der Waals surface area contributed by atoms with Crippen LogP contribution in [0.15, 0.2) is 47.1 Å². The van der Waals surface area contributed by atoms with Gasteiger partial charge in [-0.25, -0.2) is 0 Å². The normalized spacial score (nSPS) is 9.90. The van der Waals surface area contributed by atoms with Gasteiger partial charge in [-0.05, 0) is 37.3 Å². The van der Waals surface area contributed by atoms with Crippen LogP contribution in [0.2, 0.25) is 0 Å². The molecule has 0 aliphatic carbocycles. The number of hydrogen-bond acceptors (Lipinski definition) is 3. The van der Waals surface area contributed by atoms with Gasteiger partial charge in [-0.15, -0.1) is 0 Å². The van der Waals surface area contributed by atoms with Crippen LogP contribution >= 0.6 is 15.9 Å². The number of nitrogens with one attached hydrogen (secondary N) is 1. The van der Waals surface area contributed by atoms with Crippen molar-refractivity contribution >= 4 is 15.9 Å². The van der Waals surface area contributed by atoms with Gasteiger partial charge in [0.2, 0.25) is 0 Å². The Morgan fingerprint density at radius 1 is 1.20 bits per heavy atom. The SMILES string of the molecule is CCOc1ccc(Br)cc1CNCc1ccccn1.[Cl-]. The van der Waals surface area contributed by atoms with Crippen molar-refractivity contribution in [3.05, 3.63) is 58.3 Å². The maximum absolute atomic E-state index is 5.62. The van der Waals surface area contributed by atoms with Gasteiger partial charge in [0.25, 0.3) is 0 Å². The van der Waals surface area contributed by atoms with Crippen LogP contribution in [-0.4, -0.2) is 11.6 Å². The van der Waals surface area contributed by atoms with Gasteiger partial charge in [-0.1, -0.05) is 22.0 Å². The van der Waals surface area contributed by atoms with E-state index in [-0.39, 0.29) is 12.4 Å². The minimum Gasteiger partial charge on any atom is -1.00 e. The minimum absolute atomic E-state index is 0. The van der Waals surface area contributed by atoms with Crippen molar-refractivity contribution in [2.45, 2.75) is 20.0 Å². The van der Waals surface area contributed by atoms with Gasteiger partial charge in [-0.2, -0.15) is 0 Å². The third-order valence-electron chi connectivity index (χ3n) is 2.67. The quantitative estimate of drug-likeness (QED) is 0.820. The number of aromatic nitrogens is 1. The predicted octanol–water partition coefficient (Wildman–Crippen LogP) is 0.537. The molecule has 0 radical (unpaired) electrons. The Kier molecular flexibility index (Phi) is 7.59. The van der Waals surface area contributed by atoms with Gasteiger partial charge < -0.3 is 22.5 Å². The van der Waals surface area contributed by atoms with E-state index in [1.165, 1.54) is 0 Å². The molecule has 0 atom stereocenters. The molecule has 1 aromatic heterocycles. The second kappa shape index (κ2) is 8.95. The van der Waals surface area contributed by atoms with Gasteiger partial charge in [0, 0.05) is 29.3 Å². The molecule has 0 spiro atoms. The number of ether oxygens (including phenoxy) is 1. The zero-order chi connectivity index (χ0) is 13.5. The van der Waals surface area contributed by atoms with E-state index in [4.69, 9.17) is 4.74 Å². The molecule has 1 N–H and O–H groups in total. The smallest absolute Gasteiger partial charge is 0.123 e. The largest absolute Gasteiger partial charge is 1.00 e. The number of pyridine rings is 1. The molecule has 1 heterocycles. The van der Waals surface area contributed by atoms with E-state index in [0.29, 0.717) is 6.61 Å². The molecule has 0 fully saturated rings. The van der Waals surface area contributed by atoms with Gasteiger partial charge >= 0.3 is 0 Å². The number of halogens is 2. The van der Waals surface area contributed by atoms with E-state index in [1.54, 1.807) is 0 Å². The molecule has 3 nitrogen and oxygen atoms in total. The maximum atomic E-state index is 5.62. The summed E-state index contributed by atoms with van der Waals surface area (Å²) in [4.78, 5) is 4.28. The number of nitrogens with zero attached hydrogens (tertiary/aromatic N) is 1. The van der Waals surface area contributed by atoms with Crippen molar-refractivity contribution in [2.75, 3.05) is 6.61 Å². The summed E-state index contributed by atoms with van der Waals surface area (Å²) in [5.74, 6) is 0.930. The third kappa shape index (κ3) is 5.12. The summed E-state index contributed by atoms with van der Waals surface area (Å²) in [6.45, 7) is 4.17. The highest BCUT2D eigenvalue weighted by Crippen LogP contribution is 2.23. The molecule has 0 unspecified atom stereocenters. The monoisotopic (exact) mass is 355 g/mol. The average molecular weight is 357 g/mol. The highest BCUT2D eigenvalue weighted by atomic mass is 79.9. The number of rotatable bonds is 6. The Morgan fingerprint density at radius 2 is 2.05 bits per heavy atom. The van der Waals surface area contributed by atoms with E-state index >= 15 is 0 Å². The standard InChI is InChI=1S/C15H17BrN2O.ClH/c1-2-19-15-7-6-13(16)9-12(15)10-17-11-14-5-3-4-8-18-14;/h3-9,17H,2,10-11H2,1H3;1H/p-1. The second-order valence-electron chi connectivity index (χ2n) is 4.11. The fourth-order valence-electron chi connectivity index (χ4n) is 1.81. The van der Waals surface area contributed by atoms with Crippen LogP contribution in [0.4, 0.5) is 0 Å². The fourth-order valence-corrected chi connectivity index (χ4v) is 2.22. The highest BCUT2D eigenvalue weighted by molar-refractivity contribution is 9.10. The number of benzene rings is 1. The van der Waals surface area contributed by atoms with Crippen LogP contribution in [0.1, 0.15) is 18.2 Å². The highest BCUT2D eigenvalue weighted by Gasteiger charge is 2.04. The minimum atomic E-state index is 0. The third-order valence-corrected chi connectivity index (χ3v) is 3.16. The molecule has 2 aromatic rings. The van der Waals surface area contributed by atoms with Crippen LogP contribution in [0.5, 0.6) is 5.75 Å². The van der Waals surface area contributed by atoms with Gasteiger partial charge in [0.05, 0.1) is 12.3 Å². The average Bonchev–Trinajstić information content (AvgIpc) is 2.43. The van der Waals surface area contributed by atoms with Crippen LogP contribution in [-0.2, 0) is 13.1 Å².